The van der Waals surface area contributed by atoms with Gasteiger partial charge in [0.1, 0.15) is 0 Å². The van der Waals surface area contributed by atoms with Crippen LogP contribution in [0.2, 0.25) is 0 Å². The molecular weight excluding hydrogens is 220 g/mol. The molecule has 1 aliphatic rings. The Hall–Kier alpha value is -0.860. The van der Waals surface area contributed by atoms with Crippen LogP contribution in [0.4, 0.5) is 0 Å². The molecule has 0 aromatic heterocycles. The molecular formula is C16H26N2. The van der Waals surface area contributed by atoms with Gasteiger partial charge < -0.3 is 10.2 Å². The lowest BCUT2D eigenvalue weighted by Crippen LogP contribution is -2.54. The van der Waals surface area contributed by atoms with Gasteiger partial charge in [-0.15, -0.1) is 0 Å². The second-order valence-electron chi connectivity index (χ2n) is 6.12. The largest absolute Gasteiger partial charge is 0.315 e. The maximum atomic E-state index is 3.48. The van der Waals surface area contributed by atoms with Gasteiger partial charge in [-0.1, -0.05) is 44.2 Å². The van der Waals surface area contributed by atoms with E-state index in [2.05, 4.69) is 61.4 Å². The molecule has 1 unspecified atom stereocenters. The van der Waals surface area contributed by atoms with Gasteiger partial charge in [-0.3, -0.25) is 0 Å². The van der Waals surface area contributed by atoms with Crippen LogP contribution >= 0.6 is 0 Å². The molecule has 0 radical (unpaired) electrons. The van der Waals surface area contributed by atoms with E-state index in [1.807, 2.05) is 0 Å². The maximum Gasteiger partial charge on any atom is 0.0243 e. The van der Waals surface area contributed by atoms with Gasteiger partial charge in [0.15, 0.2) is 0 Å². The van der Waals surface area contributed by atoms with E-state index in [4.69, 9.17) is 0 Å². The van der Waals surface area contributed by atoms with Gasteiger partial charge in [-0.05, 0) is 37.4 Å². The normalized spacial score (nSPS) is 24.1. The highest BCUT2D eigenvalue weighted by Crippen LogP contribution is 2.30. The molecule has 18 heavy (non-hydrogen) atoms. The third kappa shape index (κ3) is 3.33. The number of nitrogens with one attached hydrogen (secondary N) is 1. The van der Waals surface area contributed by atoms with Crippen LogP contribution in [0.3, 0.4) is 0 Å². The van der Waals surface area contributed by atoms with Gasteiger partial charge in [-0.25, -0.2) is 0 Å². The van der Waals surface area contributed by atoms with Gasteiger partial charge in [-0.2, -0.15) is 0 Å². The second kappa shape index (κ2) is 5.85. The maximum absolute atomic E-state index is 3.48. The zero-order chi connectivity index (χ0) is 13.0. The number of hydrogen-bond acceptors (Lipinski definition) is 2. The molecule has 1 aliphatic heterocycles. The van der Waals surface area contributed by atoms with Crippen molar-refractivity contribution in [2.75, 3.05) is 26.7 Å². The molecule has 0 amide bonds. The molecule has 0 saturated carbocycles. The number of rotatable bonds is 4. The Labute approximate surface area is 111 Å². The number of nitrogens with zero attached hydrogens (tertiary/aromatic N) is 1. The summed E-state index contributed by atoms with van der Waals surface area (Å²) < 4.78 is 0. The van der Waals surface area contributed by atoms with Crippen molar-refractivity contribution in [3.05, 3.63) is 35.9 Å². The molecule has 2 nitrogen and oxygen atoms in total. The van der Waals surface area contributed by atoms with Crippen LogP contribution < -0.4 is 5.32 Å². The average Bonchev–Trinajstić information content (AvgIpc) is 2.38. The van der Waals surface area contributed by atoms with Crippen molar-refractivity contribution in [2.24, 2.45) is 5.41 Å². The van der Waals surface area contributed by atoms with E-state index in [0.717, 1.165) is 6.42 Å². The molecule has 1 saturated heterocycles. The molecule has 2 heteroatoms. The molecule has 1 aromatic rings. The SMILES string of the molecule is CNC1CN(CCc2ccccc2)CCC1(C)C. The van der Waals surface area contributed by atoms with E-state index in [1.54, 1.807) is 0 Å². The first-order chi connectivity index (χ1) is 8.62. The summed E-state index contributed by atoms with van der Waals surface area (Å²) in [5.41, 5.74) is 1.88. The fourth-order valence-electron chi connectivity index (χ4n) is 2.83. The summed E-state index contributed by atoms with van der Waals surface area (Å²) in [6.45, 7) is 8.35. The summed E-state index contributed by atoms with van der Waals surface area (Å²) in [5, 5.41) is 3.48. The van der Waals surface area contributed by atoms with Gasteiger partial charge in [0.25, 0.3) is 0 Å². The molecule has 100 valence electrons. The average molecular weight is 246 g/mol. The quantitative estimate of drug-likeness (QED) is 0.878. The summed E-state index contributed by atoms with van der Waals surface area (Å²) >= 11 is 0. The van der Waals surface area contributed by atoms with Crippen molar-refractivity contribution in [1.29, 1.82) is 0 Å². The zero-order valence-corrected chi connectivity index (χ0v) is 11.9. The third-order valence-electron chi connectivity index (χ3n) is 4.36. The van der Waals surface area contributed by atoms with E-state index < -0.39 is 0 Å². The Morgan fingerprint density at radius 1 is 1.28 bits per heavy atom. The lowest BCUT2D eigenvalue weighted by Gasteiger charge is -2.44. The summed E-state index contributed by atoms with van der Waals surface area (Å²) in [6, 6.07) is 11.4. The summed E-state index contributed by atoms with van der Waals surface area (Å²) in [4.78, 5) is 2.60. The first kappa shape index (κ1) is 13.6. The number of likely N-dealkylation sites (N-methyl/N-ethyl adjacent to an activating group) is 1. The lowest BCUT2D eigenvalue weighted by atomic mass is 9.78. The van der Waals surface area contributed by atoms with Crippen LogP contribution in [0.5, 0.6) is 0 Å². The Kier molecular flexibility index (Phi) is 4.41. The highest BCUT2D eigenvalue weighted by atomic mass is 15.2. The topological polar surface area (TPSA) is 15.3 Å². The van der Waals surface area contributed by atoms with Crippen LogP contribution in [-0.2, 0) is 6.42 Å². The fraction of sp³-hybridized carbons (Fsp3) is 0.625. The van der Waals surface area contributed by atoms with Gasteiger partial charge >= 0.3 is 0 Å². The van der Waals surface area contributed by atoms with Crippen molar-refractivity contribution < 1.29 is 0 Å². The summed E-state index contributed by atoms with van der Waals surface area (Å²) in [7, 11) is 2.09. The summed E-state index contributed by atoms with van der Waals surface area (Å²) in [5.74, 6) is 0. The predicted molar refractivity (Wildman–Crippen MR) is 77.8 cm³/mol. The van der Waals surface area contributed by atoms with E-state index >= 15 is 0 Å². The second-order valence-corrected chi connectivity index (χ2v) is 6.12. The molecule has 1 heterocycles. The Bertz CT molecular complexity index is 359. The molecule has 2 rings (SSSR count). The number of piperidine rings is 1. The minimum Gasteiger partial charge on any atom is -0.315 e. The first-order valence-electron chi connectivity index (χ1n) is 7.05. The third-order valence-corrected chi connectivity index (χ3v) is 4.36. The number of likely N-dealkylation sites (tertiary alicyclic amines) is 1. The van der Waals surface area contributed by atoms with Crippen molar-refractivity contribution in [3.8, 4) is 0 Å². The monoisotopic (exact) mass is 246 g/mol. The highest BCUT2D eigenvalue weighted by molar-refractivity contribution is 5.14. The van der Waals surface area contributed by atoms with Crippen molar-refractivity contribution in [3.63, 3.8) is 0 Å². The van der Waals surface area contributed by atoms with Gasteiger partial charge in [0.2, 0.25) is 0 Å². The zero-order valence-electron chi connectivity index (χ0n) is 11.9. The van der Waals surface area contributed by atoms with Gasteiger partial charge in [0, 0.05) is 19.1 Å². The Morgan fingerprint density at radius 2 is 2.00 bits per heavy atom. The van der Waals surface area contributed by atoms with Crippen molar-refractivity contribution >= 4 is 0 Å². The van der Waals surface area contributed by atoms with Crippen LogP contribution in [0.25, 0.3) is 0 Å². The molecule has 1 aromatic carbocycles. The van der Waals surface area contributed by atoms with Crippen LogP contribution in [-0.4, -0.2) is 37.6 Å². The van der Waals surface area contributed by atoms with Gasteiger partial charge in [0.05, 0.1) is 0 Å². The van der Waals surface area contributed by atoms with E-state index in [0.29, 0.717) is 11.5 Å². The van der Waals surface area contributed by atoms with E-state index in [1.165, 1.54) is 31.6 Å². The standard InChI is InChI=1S/C16H26N2/c1-16(2)10-12-18(13-15(16)17-3)11-9-14-7-5-4-6-8-14/h4-8,15,17H,9-13H2,1-3H3. The van der Waals surface area contributed by atoms with Crippen molar-refractivity contribution in [2.45, 2.75) is 32.7 Å². The molecule has 0 spiro atoms. The van der Waals surface area contributed by atoms with Crippen molar-refractivity contribution in [1.82, 2.24) is 10.2 Å². The molecule has 1 fully saturated rings. The highest BCUT2D eigenvalue weighted by Gasteiger charge is 2.34. The minimum absolute atomic E-state index is 0.429. The molecule has 0 bridgehead atoms. The Morgan fingerprint density at radius 3 is 2.67 bits per heavy atom. The number of benzene rings is 1. The predicted octanol–water partition coefficient (Wildman–Crippen LogP) is 2.55. The molecule has 0 aliphatic carbocycles. The number of hydrogen-bond donors (Lipinski definition) is 1. The van der Waals surface area contributed by atoms with Crippen LogP contribution in [0.15, 0.2) is 30.3 Å². The van der Waals surface area contributed by atoms with E-state index in [9.17, 15) is 0 Å². The molecule has 1 N–H and O–H groups in total. The Balaban J connectivity index is 1.85. The fourth-order valence-corrected chi connectivity index (χ4v) is 2.83. The van der Waals surface area contributed by atoms with Crippen LogP contribution in [0.1, 0.15) is 25.8 Å². The first-order valence-corrected chi connectivity index (χ1v) is 7.05. The molecule has 1 atom stereocenters. The van der Waals surface area contributed by atoms with Crippen LogP contribution in [0, 0.1) is 5.41 Å². The smallest absolute Gasteiger partial charge is 0.0243 e. The summed E-state index contributed by atoms with van der Waals surface area (Å²) in [6.07, 6.45) is 2.45. The van der Waals surface area contributed by atoms with E-state index in [-0.39, 0.29) is 0 Å². The minimum atomic E-state index is 0.429. The lowest BCUT2D eigenvalue weighted by molar-refractivity contribution is 0.0907.